The van der Waals surface area contributed by atoms with Crippen molar-refractivity contribution >= 4 is 22.6 Å². The quantitative estimate of drug-likeness (QED) is 0.272. The van der Waals surface area contributed by atoms with Crippen molar-refractivity contribution in [3.63, 3.8) is 0 Å². The molecule has 0 aromatic heterocycles. The Morgan fingerprint density at radius 3 is 1.08 bits per heavy atom. The fourth-order valence-electron chi connectivity index (χ4n) is 1.11. The summed E-state index contributed by atoms with van der Waals surface area (Å²) in [7, 11) is 0. The van der Waals surface area contributed by atoms with E-state index in [1.807, 2.05) is 0 Å². The molecule has 0 radical (unpaired) electrons. The molecule has 0 spiro atoms. The molecule has 0 bridgehead atoms. The van der Waals surface area contributed by atoms with E-state index in [2.05, 4.69) is 0 Å². The van der Waals surface area contributed by atoms with Crippen LogP contribution in [0.4, 0.5) is 70.2 Å². The Kier molecular flexibility index (Phi) is 6.29. The highest BCUT2D eigenvalue weighted by molar-refractivity contribution is 14.1. The van der Waals surface area contributed by atoms with Crippen molar-refractivity contribution in [1.29, 1.82) is 0 Å². The van der Waals surface area contributed by atoms with Crippen molar-refractivity contribution in [3.8, 4) is 0 Å². The first-order valence-electron chi connectivity index (χ1n) is 5.29. The maximum Gasteiger partial charge on any atom is 0.460 e. The van der Waals surface area contributed by atoms with Crippen LogP contribution in [0.1, 0.15) is 0 Å². The molecule has 0 aliphatic rings. The lowest BCUT2D eigenvalue weighted by Crippen LogP contribution is -2.69. The summed E-state index contributed by atoms with van der Waals surface area (Å²) in [5.41, 5.74) is 0. The maximum absolute atomic E-state index is 13.0. The van der Waals surface area contributed by atoms with E-state index >= 15 is 0 Å². The third-order valence-corrected chi connectivity index (χ3v) is 3.46. The lowest BCUT2D eigenvalue weighted by molar-refractivity contribution is -0.436. The Bertz CT molecular complexity index is 549. The summed E-state index contributed by atoms with van der Waals surface area (Å²) in [5, 5.41) is 0. The van der Waals surface area contributed by atoms with E-state index in [4.69, 9.17) is 0 Å². The van der Waals surface area contributed by atoms with E-state index in [0.29, 0.717) is 0 Å². The zero-order chi connectivity index (χ0) is 21.8. The summed E-state index contributed by atoms with van der Waals surface area (Å²) in [6.07, 6.45) is -15.5. The molecule has 0 aliphatic carbocycles. The van der Waals surface area contributed by atoms with Gasteiger partial charge in [0, 0.05) is 6.08 Å². The van der Waals surface area contributed by atoms with E-state index < -0.39 is 51.6 Å². The first-order chi connectivity index (χ1) is 10.9. The highest BCUT2D eigenvalue weighted by Crippen LogP contribution is 2.60. The molecule has 0 unspecified atom stereocenters. The number of hydrogen-bond donors (Lipinski definition) is 0. The average Bonchev–Trinajstić information content (AvgIpc) is 2.34. The summed E-state index contributed by atoms with van der Waals surface area (Å²) < 4.78 is 197. The predicted molar refractivity (Wildman–Crippen MR) is 58.9 cm³/mol. The predicted octanol–water partition coefficient (Wildman–Crippen LogP) is 6.61. The summed E-state index contributed by atoms with van der Waals surface area (Å²) in [4.78, 5) is 0. The van der Waals surface area contributed by atoms with Gasteiger partial charge in [-0.15, -0.1) is 0 Å². The van der Waals surface area contributed by atoms with E-state index in [-0.39, 0.29) is 22.6 Å². The van der Waals surface area contributed by atoms with Gasteiger partial charge in [0.1, 0.15) is 0 Å². The largest absolute Gasteiger partial charge is 0.460 e. The Morgan fingerprint density at radius 2 is 0.808 bits per heavy atom. The zero-order valence-electron chi connectivity index (χ0n) is 11.0. The molecule has 0 aromatic carbocycles. The molecular weight excluding hydrogens is 539 g/mol. The maximum atomic E-state index is 13.0. The third kappa shape index (κ3) is 3.81. The van der Waals surface area contributed by atoms with Gasteiger partial charge in [0.05, 0.1) is 3.58 Å². The van der Waals surface area contributed by atoms with Crippen LogP contribution in [0.15, 0.2) is 9.66 Å². The topological polar surface area (TPSA) is 0 Å². The second-order valence-electron chi connectivity index (χ2n) is 4.41. The molecule has 0 N–H and O–H groups in total. The lowest BCUT2D eigenvalue weighted by Gasteiger charge is -2.39. The van der Waals surface area contributed by atoms with Crippen LogP contribution in [0.3, 0.4) is 0 Å². The molecule has 0 aromatic rings. The minimum absolute atomic E-state index is 0.146. The summed E-state index contributed by atoms with van der Waals surface area (Å²) >= 11 is -0.146. The van der Waals surface area contributed by atoms with Crippen LogP contribution in [0.2, 0.25) is 0 Å². The Balaban J connectivity index is 6.43. The van der Waals surface area contributed by atoms with E-state index in [0.717, 1.165) is 0 Å². The van der Waals surface area contributed by atoms with E-state index in [1.54, 1.807) is 0 Å². The summed E-state index contributed by atoms with van der Waals surface area (Å²) in [6.45, 7) is 0. The molecule has 0 heterocycles. The molecule has 0 saturated carbocycles. The molecule has 17 heteroatoms. The number of halogens is 17. The van der Waals surface area contributed by atoms with Gasteiger partial charge in [-0.2, -0.15) is 70.2 Å². The zero-order valence-corrected chi connectivity index (χ0v) is 13.2. The van der Waals surface area contributed by atoms with Crippen LogP contribution in [0.5, 0.6) is 0 Å². The van der Waals surface area contributed by atoms with Crippen molar-refractivity contribution in [2.24, 2.45) is 0 Å². The number of allylic oxidation sites excluding steroid dienone is 2. The van der Waals surface area contributed by atoms with Crippen molar-refractivity contribution in [1.82, 2.24) is 0 Å². The molecule has 0 nitrogen and oxygen atoms in total. The van der Waals surface area contributed by atoms with Crippen molar-refractivity contribution < 1.29 is 70.2 Å². The number of alkyl halides is 16. The van der Waals surface area contributed by atoms with Gasteiger partial charge >= 0.3 is 42.0 Å². The summed E-state index contributed by atoms with van der Waals surface area (Å²) in [6, 6.07) is 0. The second kappa shape index (κ2) is 6.46. The van der Waals surface area contributed by atoms with Crippen molar-refractivity contribution in [2.45, 2.75) is 42.0 Å². The van der Waals surface area contributed by atoms with E-state index in [9.17, 15) is 70.2 Å². The Hall–Kier alpha value is -0.650. The van der Waals surface area contributed by atoms with Gasteiger partial charge < -0.3 is 0 Å². The first-order valence-corrected chi connectivity index (χ1v) is 6.37. The molecule has 0 fully saturated rings. The minimum Gasteiger partial charge on any atom is -0.195 e. The van der Waals surface area contributed by atoms with Gasteiger partial charge in [0.15, 0.2) is 0 Å². The van der Waals surface area contributed by atoms with Crippen LogP contribution in [-0.2, 0) is 0 Å². The van der Waals surface area contributed by atoms with Gasteiger partial charge in [-0.05, 0) is 22.6 Å². The summed E-state index contributed by atoms with van der Waals surface area (Å²) in [5.74, 6) is -38.9. The molecular formula is C9HF16I. The molecule has 0 aliphatic heterocycles. The number of rotatable bonds is 5. The average molecular weight is 540 g/mol. The van der Waals surface area contributed by atoms with Crippen LogP contribution in [0, 0.1) is 0 Å². The molecule has 26 heavy (non-hydrogen) atoms. The smallest absolute Gasteiger partial charge is 0.195 e. The Morgan fingerprint density at radius 1 is 0.500 bits per heavy atom. The molecule has 0 rings (SSSR count). The van der Waals surface area contributed by atoms with Gasteiger partial charge in [0.2, 0.25) is 0 Å². The molecule has 156 valence electrons. The van der Waals surface area contributed by atoms with Crippen LogP contribution in [0.25, 0.3) is 0 Å². The van der Waals surface area contributed by atoms with E-state index in [1.165, 1.54) is 0 Å². The molecule has 0 saturated heterocycles. The van der Waals surface area contributed by atoms with Gasteiger partial charge in [-0.1, -0.05) is 0 Å². The van der Waals surface area contributed by atoms with Crippen molar-refractivity contribution in [2.75, 3.05) is 0 Å². The van der Waals surface area contributed by atoms with Gasteiger partial charge in [0.25, 0.3) is 0 Å². The van der Waals surface area contributed by atoms with Crippen molar-refractivity contribution in [3.05, 3.63) is 9.66 Å². The first kappa shape index (κ1) is 25.4. The Labute approximate surface area is 145 Å². The van der Waals surface area contributed by atoms with Crippen LogP contribution >= 0.6 is 22.6 Å². The molecule has 0 amide bonds. The fourth-order valence-corrected chi connectivity index (χ4v) is 1.50. The lowest BCUT2D eigenvalue weighted by atomic mass is 9.94. The highest BCUT2D eigenvalue weighted by atomic mass is 127. The van der Waals surface area contributed by atoms with Gasteiger partial charge in [-0.25, -0.2) is 0 Å². The number of hydrogen-bond acceptors (Lipinski definition) is 0. The normalized spacial score (nSPS) is 16.9. The highest BCUT2D eigenvalue weighted by Gasteiger charge is 2.90. The van der Waals surface area contributed by atoms with Gasteiger partial charge in [-0.3, -0.25) is 0 Å². The monoisotopic (exact) mass is 540 g/mol. The minimum atomic E-state index is -8.15. The van der Waals surface area contributed by atoms with Crippen LogP contribution < -0.4 is 0 Å². The SMILES string of the molecule is FC(F)(F)C(I)=CC(F)(F)C(F)(F)C(F)(F)C(F)(F)C(F)(F)C(F)(F)F. The standard InChI is InChI=1S/C9HF16I/c10-3(11,1-2(26)4(12,13)14)5(15,16)6(17,18)7(19,20)8(21,22)9(23,24)25/h1H. The second-order valence-corrected chi connectivity index (χ2v) is 5.57. The third-order valence-electron chi connectivity index (χ3n) is 2.54. The fraction of sp³-hybridized carbons (Fsp3) is 0.778. The van der Waals surface area contributed by atoms with Crippen LogP contribution in [-0.4, -0.2) is 42.0 Å². The molecule has 0 atom stereocenters.